The van der Waals surface area contributed by atoms with Gasteiger partial charge in [0, 0.05) is 10.9 Å². The summed E-state index contributed by atoms with van der Waals surface area (Å²) < 4.78 is 49.8. The highest BCUT2D eigenvalue weighted by Crippen LogP contribution is 2.33. The number of alkyl halides is 3. The molecule has 0 radical (unpaired) electrons. The monoisotopic (exact) mass is 423 g/mol. The van der Waals surface area contributed by atoms with Crippen molar-refractivity contribution >= 4 is 16.9 Å². The zero-order valence-corrected chi connectivity index (χ0v) is 16.3. The van der Waals surface area contributed by atoms with Gasteiger partial charge >= 0.3 is 12.1 Å². The number of fused-ring (bicyclic) bond motifs is 1. The Balaban J connectivity index is 1.70. The van der Waals surface area contributed by atoms with E-state index >= 15 is 0 Å². The van der Waals surface area contributed by atoms with Crippen LogP contribution in [0.25, 0.3) is 22.2 Å². The number of benzene rings is 3. The number of para-hydroxylation sites is 1. The summed E-state index contributed by atoms with van der Waals surface area (Å²) >= 11 is 0. The number of carbonyl (C=O) groups is 1. The summed E-state index contributed by atoms with van der Waals surface area (Å²) in [7, 11) is 1.52. The van der Waals surface area contributed by atoms with Crippen LogP contribution >= 0.6 is 0 Å². The van der Waals surface area contributed by atoms with Gasteiger partial charge in [0.2, 0.25) is 0 Å². The van der Waals surface area contributed by atoms with Crippen molar-refractivity contribution < 1.29 is 27.4 Å². The Morgan fingerprint density at radius 3 is 2.35 bits per heavy atom. The Hall–Kier alpha value is -3.87. The fourth-order valence-corrected chi connectivity index (χ4v) is 3.10. The Kier molecular flexibility index (Phi) is 5.33. The standard InChI is InChI=1S/C24H16F3NO3/c1-30-19-11-8-16(9-12-19)23(29)31-21-7-3-4-15-10-13-20(28-22(15)21)17-5-2-6-18(14-17)24(25,26)27/h2-14H,1H3. The molecule has 0 fully saturated rings. The maximum absolute atomic E-state index is 13.1. The lowest BCUT2D eigenvalue weighted by molar-refractivity contribution is -0.137. The lowest BCUT2D eigenvalue weighted by Crippen LogP contribution is -2.09. The molecule has 0 saturated heterocycles. The Morgan fingerprint density at radius 2 is 1.65 bits per heavy atom. The summed E-state index contributed by atoms with van der Waals surface area (Å²) in [5.74, 6) is 0.239. The summed E-state index contributed by atoms with van der Waals surface area (Å²) in [6, 6.07) is 19.8. The van der Waals surface area contributed by atoms with Crippen molar-refractivity contribution in [2.45, 2.75) is 6.18 Å². The molecule has 4 aromatic rings. The molecule has 0 aliphatic heterocycles. The van der Waals surface area contributed by atoms with Crippen LogP contribution in [0.4, 0.5) is 13.2 Å². The summed E-state index contributed by atoms with van der Waals surface area (Å²) in [6.45, 7) is 0. The summed E-state index contributed by atoms with van der Waals surface area (Å²) in [5, 5.41) is 0.691. The molecule has 0 unspecified atom stereocenters. The molecule has 1 heterocycles. The number of esters is 1. The SMILES string of the molecule is COc1ccc(C(=O)Oc2cccc3ccc(-c4cccc(C(F)(F)F)c4)nc23)cc1. The zero-order chi connectivity index (χ0) is 22.0. The molecule has 0 bridgehead atoms. The molecular formula is C24H16F3NO3. The minimum absolute atomic E-state index is 0.215. The van der Waals surface area contributed by atoms with Gasteiger partial charge in [-0.1, -0.05) is 30.3 Å². The van der Waals surface area contributed by atoms with E-state index in [0.29, 0.717) is 33.5 Å². The third kappa shape index (κ3) is 4.35. The largest absolute Gasteiger partial charge is 0.497 e. The van der Waals surface area contributed by atoms with Crippen LogP contribution in [-0.4, -0.2) is 18.1 Å². The second kappa shape index (κ2) is 8.10. The summed E-state index contributed by atoms with van der Waals surface area (Å²) in [6.07, 6.45) is -4.45. The van der Waals surface area contributed by atoms with E-state index in [9.17, 15) is 18.0 Å². The number of aromatic nitrogens is 1. The van der Waals surface area contributed by atoms with E-state index in [1.54, 1.807) is 60.7 Å². The molecule has 3 aromatic carbocycles. The van der Waals surface area contributed by atoms with Crippen LogP contribution in [0, 0.1) is 0 Å². The third-order valence-corrected chi connectivity index (χ3v) is 4.70. The third-order valence-electron chi connectivity index (χ3n) is 4.70. The number of methoxy groups -OCH3 is 1. The first kappa shape index (κ1) is 20.4. The normalized spacial score (nSPS) is 11.4. The number of rotatable bonds is 4. The fraction of sp³-hybridized carbons (Fsp3) is 0.0833. The highest BCUT2D eigenvalue weighted by Gasteiger charge is 2.30. The average Bonchev–Trinajstić information content (AvgIpc) is 2.78. The number of hydrogen-bond donors (Lipinski definition) is 0. The first-order valence-corrected chi connectivity index (χ1v) is 9.29. The number of pyridine rings is 1. The van der Waals surface area contributed by atoms with Gasteiger partial charge in [-0.15, -0.1) is 0 Å². The molecule has 4 nitrogen and oxygen atoms in total. The van der Waals surface area contributed by atoms with Crippen molar-refractivity contribution in [1.29, 1.82) is 0 Å². The smallest absolute Gasteiger partial charge is 0.416 e. The number of halogens is 3. The second-order valence-electron chi connectivity index (χ2n) is 6.72. The van der Waals surface area contributed by atoms with Gasteiger partial charge in [-0.2, -0.15) is 13.2 Å². The molecule has 0 saturated carbocycles. The van der Waals surface area contributed by atoms with Crippen LogP contribution in [0.3, 0.4) is 0 Å². The predicted molar refractivity (Wildman–Crippen MR) is 110 cm³/mol. The van der Waals surface area contributed by atoms with Gasteiger partial charge in [-0.25, -0.2) is 9.78 Å². The van der Waals surface area contributed by atoms with Crippen LogP contribution in [0.5, 0.6) is 11.5 Å². The van der Waals surface area contributed by atoms with Gasteiger partial charge in [-0.05, 0) is 48.5 Å². The lowest BCUT2D eigenvalue weighted by Gasteiger charge is -2.11. The van der Waals surface area contributed by atoms with Crippen LogP contribution in [-0.2, 0) is 6.18 Å². The van der Waals surface area contributed by atoms with Gasteiger partial charge < -0.3 is 9.47 Å². The molecule has 156 valence electrons. The Morgan fingerprint density at radius 1 is 0.903 bits per heavy atom. The molecule has 4 rings (SSSR count). The Labute approximate surface area is 175 Å². The van der Waals surface area contributed by atoms with Gasteiger partial charge in [-0.3, -0.25) is 0 Å². The van der Waals surface area contributed by atoms with Crippen molar-refractivity contribution in [3.63, 3.8) is 0 Å². The van der Waals surface area contributed by atoms with E-state index in [0.717, 1.165) is 12.1 Å². The van der Waals surface area contributed by atoms with Crippen LogP contribution in [0.2, 0.25) is 0 Å². The molecular weight excluding hydrogens is 407 g/mol. The van der Waals surface area contributed by atoms with Crippen molar-refractivity contribution in [2.75, 3.05) is 7.11 Å². The van der Waals surface area contributed by atoms with Crippen LogP contribution < -0.4 is 9.47 Å². The fourth-order valence-electron chi connectivity index (χ4n) is 3.10. The first-order chi connectivity index (χ1) is 14.8. The molecule has 0 amide bonds. The number of ether oxygens (including phenoxy) is 2. The maximum atomic E-state index is 13.1. The highest BCUT2D eigenvalue weighted by molar-refractivity contribution is 5.94. The summed E-state index contributed by atoms with van der Waals surface area (Å²) in [5.41, 5.74) is 0.594. The second-order valence-corrected chi connectivity index (χ2v) is 6.72. The van der Waals surface area contributed by atoms with E-state index in [4.69, 9.17) is 9.47 Å². The highest BCUT2D eigenvalue weighted by atomic mass is 19.4. The molecule has 0 atom stereocenters. The molecule has 31 heavy (non-hydrogen) atoms. The molecule has 0 N–H and O–H groups in total. The molecule has 7 heteroatoms. The molecule has 0 aliphatic carbocycles. The van der Waals surface area contributed by atoms with Crippen LogP contribution in [0.1, 0.15) is 15.9 Å². The quantitative estimate of drug-likeness (QED) is 0.292. The minimum atomic E-state index is -4.45. The Bertz CT molecular complexity index is 1250. The molecule has 1 aromatic heterocycles. The van der Waals surface area contributed by atoms with Crippen molar-refractivity contribution in [3.8, 4) is 22.8 Å². The van der Waals surface area contributed by atoms with Crippen molar-refractivity contribution in [2.24, 2.45) is 0 Å². The van der Waals surface area contributed by atoms with Gasteiger partial charge in [0.05, 0.1) is 23.9 Å². The minimum Gasteiger partial charge on any atom is -0.497 e. The van der Waals surface area contributed by atoms with E-state index < -0.39 is 17.7 Å². The number of carbonyl (C=O) groups excluding carboxylic acids is 1. The number of hydrogen-bond acceptors (Lipinski definition) is 4. The van der Waals surface area contributed by atoms with Gasteiger partial charge in [0.1, 0.15) is 11.3 Å². The topological polar surface area (TPSA) is 48.4 Å². The van der Waals surface area contributed by atoms with E-state index in [1.165, 1.54) is 13.2 Å². The average molecular weight is 423 g/mol. The number of nitrogens with zero attached hydrogens (tertiary/aromatic N) is 1. The van der Waals surface area contributed by atoms with E-state index in [2.05, 4.69) is 4.98 Å². The predicted octanol–water partition coefficient (Wildman–Crippen LogP) is 6.15. The van der Waals surface area contributed by atoms with Gasteiger partial charge in [0.15, 0.2) is 5.75 Å². The maximum Gasteiger partial charge on any atom is 0.416 e. The van der Waals surface area contributed by atoms with Gasteiger partial charge in [0.25, 0.3) is 0 Å². The molecule has 0 spiro atoms. The summed E-state index contributed by atoms with van der Waals surface area (Å²) in [4.78, 5) is 17.0. The van der Waals surface area contributed by atoms with E-state index in [-0.39, 0.29) is 5.75 Å². The van der Waals surface area contributed by atoms with Crippen LogP contribution in [0.15, 0.2) is 78.9 Å². The van der Waals surface area contributed by atoms with Crippen molar-refractivity contribution in [1.82, 2.24) is 4.98 Å². The molecule has 0 aliphatic rings. The zero-order valence-electron chi connectivity index (χ0n) is 16.3. The first-order valence-electron chi connectivity index (χ1n) is 9.29. The van der Waals surface area contributed by atoms with E-state index in [1.807, 2.05) is 0 Å². The lowest BCUT2D eigenvalue weighted by atomic mass is 10.1. The van der Waals surface area contributed by atoms with Crippen molar-refractivity contribution in [3.05, 3.63) is 90.0 Å².